The van der Waals surface area contributed by atoms with Gasteiger partial charge in [0.05, 0.1) is 30.9 Å². The molecular formula is C15H13ClF6NO-. The van der Waals surface area contributed by atoms with Gasteiger partial charge in [0.1, 0.15) is 0 Å². The minimum absolute atomic E-state index is 0. The van der Waals surface area contributed by atoms with Crippen molar-refractivity contribution in [2.45, 2.75) is 12.4 Å². The fourth-order valence-corrected chi connectivity index (χ4v) is 2.04. The molecule has 0 aliphatic carbocycles. The largest absolute Gasteiger partial charge is 1.00 e. The molecule has 9 heteroatoms. The van der Waals surface area contributed by atoms with Crippen molar-refractivity contribution in [2.24, 2.45) is 0 Å². The number of benzene rings is 1. The van der Waals surface area contributed by atoms with Crippen LogP contribution in [0.5, 0.6) is 0 Å². The zero-order valence-corrected chi connectivity index (χ0v) is 13.0. The van der Waals surface area contributed by atoms with E-state index in [4.69, 9.17) is 4.74 Å². The predicted molar refractivity (Wildman–Crippen MR) is 70.6 cm³/mol. The second-order valence-electron chi connectivity index (χ2n) is 4.98. The number of nitrogens with zero attached hydrogens (tertiary/aromatic N) is 1. The average molecular weight is 373 g/mol. The van der Waals surface area contributed by atoms with Gasteiger partial charge in [0, 0.05) is 18.7 Å². The van der Waals surface area contributed by atoms with Crippen LogP contribution in [0.1, 0.15) is 16.7 Å². The van der Waals surface area contributed by atoms with E-state index in [2.05, 4.69) is 11.8 Å². The van der Waals surface area contributed by atoms with Crippen molar-refractivity contribution >= 4 is 0 Å². The first-order valence-electron chi connectivity index (χ1n) is 6.75. The first-order valence-corrected chi connectivity index (χ1v) is 6.75. The maximum Gasteiger partial charge on any atom is 0.416 e. The molecule has 1 fully saturated rings. The summed E-state index contributed by atoms with van der Waals surface area (Å²) >= 11 is 0. The van der Waals surface area contributed by atoms with E-state index in [1.54, 1.807) is 0 Å². The van der Waals surface area contributed by atoms with Gasteiger partial charge >= 0.3 is 12.4 Å². The Kier molecular flexibility index (Phi) is 6.96. The van der Waals surface area contributed by atoms with Crippen molar-refractivity contribution in [3.8, 4) is 11.8 Å². The van der Waals surface area contributed by atoms with E-state index >= 15 is 0 Å². The highest BCUT2D eigenvalue weighted by molar-refractivity contribution is 5.42. The molecule has 0 saturated carbocycles. The van der Waals surface area contributed by atoms with Gasteiger partial charge in [0.2, 0.25) is 0 Å². The van der Waals surface area contributed by atoms with E-state index in [1.807, 2.05) is 4.90 Å². The Morgan fingerprint density at radius 3 is 1.88 bits per heavy atom. The van der Waals surface area contributed by atoms with Crippen LogP contribution in [0.2, 0.25) is 0 Å². The maximum absolute atomic E-state index is 12.7. The lowest BCUT2D eigenvalue weighted by atomic mass is 10.0. The molecule has 0 aromatic heterocycles. The lowest BCUT2D eigenvalue weighted by Crippen LogP contribution is -3.00. The summed E-state index contributed by atoms with van der Waals surface area (Å²) in [5.41, 5.74) is -3.02. The molecule has 1 aromatic rings. The Balaban J connectivity index is 0.00000288. The van der Waals surface area contributed by atoms with Crippen LogP contribution in [0, 0.1) is 11.8 Å². The third kappa shape index (κ3) is 5.89. The summed E-state index contributed by atoms with van der Waals surface area (Å²) in [6.07, 6.45) is -9.72. The molecule has 1 aliphatic heterocycles. The van der Waals surface area contributed by atoms with E-state index in [-0.39, 0.29) is 30.6 Å². The molecule has 0 amide bonds. The van der Waals surface area contributed by atoms with Crippen molar-refractivity contribution in [1.29, 1.82) is 0 Å². The molecule has 1 aromatic carbocycles. The molecule has 0 spiro atoms. The zero-order valence-electron chi connectivity index (χ0n) is 12.3. The quantitative estimate of drug-likeness (QED) is 0.523. The lowest BCUT2D eigenvalue weighted by Gasteiger charge is -2.24. The van der Waals surface area contributed by atoms with Gasteiger partial charge in [-0.1, -0.05) is 11.8 Å². The second-order valence-corrected chi connectivity index (χ2v) is 4.98. The molecule has 1 heterocycles. The van der Waals surface area contributed by atoms with Gasteiger partial charge in [-0.25, -0.2) is 0 Å². The Hall–Kier alpha value is -1.43. The van der Waals surface area contributed by atoms with Gasteiger partial charge < -0.3 is 17.1 Å². The van der Waals surface area contributed by atoms with E-state index in [0.29, 0.717) is 38.4 Å². The Labute approximate surface area is 141 Å². The van der Waals surface area contributed by atoms with Crippen molar-refractivity contribution in [1.82, 2.24) is 4.90 Å². The van der Waals surface area contributed by atoms with Crippen LogP contribution in [0.25, 0.3) is 0 Å². The number of rotatable bonds is 1. The van der Waals surface area contributed by atoms with Gasteiger partial charge in [-0.2, -0.15) is 26.3 Å². The van der Waals surface area contributed by atoms with Crippen molar-refractivity contribution in [3.05, 3.63) is 34.9 Å². The summed E-state index contributed by atoms with van der Waals surface area (Å²) in [7, 11) is 0. The Morgan fingerprint density at radius 1 is 0.917 bits per heavy atom. The third-order valence-electron chi connectivity index (χ3n) is 3.23. The van der Waals surface area contributed by atoms with Crippen LogP contribution in [-0.2, 0) is 17.1 Å². The van der Waals surface area contributed by atoms with E-state index in [1.165, 1.54) is 0 Å². The van der Waals surface area contributed by atoms with Crippen LogP contribution in [0.15, 0.2) is 18.2 Å². The highest BCUT2D eigenvalue weighted by atomic mass is 35.5. The number of morpholine rings is 1. The molecule has 0 unspecified atom stereocenters. The fraction of sp³-hybridized carbons (Fsp3) is 0.467. The number of hydrogen-bond acceptors (Lipinski definition) is 2. The molecule has 0 N–H and O–H groups in total. The minimum Gasteiger partial charge on any atom is -1.00 e. The summed E-state index contributed by atoms with van der Waals surface area (Å²) in [4.78, 5) is 1.91. The normalized spacial score (nSPS) is 16.1. The van der Waals surface area contributed by atoms with Gasteiger partial charge in [0.15, 0.2) is 0 Å². The Morgan fingerprint density at radius 2 is 1.42 bits per heavy atom. The van der Waals surface area contributed by atoms with Gasteiger partial charge in [-0.3, -0.25) is 4.90 Å². The highest BCUT2D eigenvalue weighted by Crippen LogP contribution is 2.36. The summed E-state index contributed by atoms with van der Waals surface area (Å²) in [6.45, 7) is 2.59. The molecule has 134 valence electrons. The molecule has 0 bridgehead atoms. The van der Waals surface area contributed by atoms with Gasteiger partial charge in [-0.15, -0.1) is 0 Å². The first-order chi connectivity index (χ1) is 10.7. The number of halogens is 7. The second kappa shape index (κ2) is 8.10. The smallest absolute Gasteiger partial charge is 0.416 e. The van der Waals surface area contributed by atoms with Gasteiger partial charge in [0.25, 0.3) is 0 Å². The molecule has 1 aliphatic rings. The van der Waals surface area contributed by atoms with Crippen LogP contribution >= 0.6 is 0 Å². The monoisotopic (exact) mass is 372 g/mol. The molecule has 1 saturated heterocycles. The SMILES string of the molecule is FC(F)(F)c1cc(C#CCN2CCOCC2)cc(C(F)(F)F)c1.[Cl-]. The molecule has 24 heavy (non-hydrogen) atoms. The van der Waals surface area contributed by atoms with Crippen LogP contribution < -0.4 is 12.4 Å². The lowest BCUT2D eigenvalue weighted by molar-refractivity contribution is -0.143. The van der Waals surface area contributed by atoms with E-state index in [9.17, 15) is 26.3 Å². The Bertz CT molecular complexity index is 579. The summed E-state index contributed by atoms with van der Waals surface area (Å²) in [5.74, 6) is 5.00. The molecule has 0 atom stereocenters. The van der Waals surface area contributed by atoms with E-state index < -0.39 is 23.5 Å². The fourth-order valence-electron chi connectivity index (χ4n) is 2.04. The van der Waals surface area contributed by atoms with Crippen molar-refractivity contribution < 1.29 is 43.5 Å². The minimum atomic E-state index is -4.86. The third-order valence-corrected chi connectivity index (χ3v) is 3.23. The summed E-state index contributed by atoms with van der Waals surface area (Å²) in [5, 5.41) is 0. The first kappa shape index (κ1) is 20.6. The van der Waals surface area contributed by atoms with Crippen LogP contribution in [0.4, 0.5) is 26.3 Å². The standard InChI is InChI=1S/C15H13F6NO.ClH/c16-14(17,18)12-8-11(9-13(10-12)15(19,20)21)2-1-3-22-4-6-23-7-5-22;/h8-10H,3-7H2;1H/p-1. The molecular weight excluding hydrogens is 360 g/mol. The van der Waals surface area contributed by atoms with Crippen LogP contribution in [0.3, 0.4) is 0 Å². The molecule has 2 rings (SSSR count). The number of hydrogen-bond donors (Lipinski definition) is 0. The predicted octanol–water partition coefficient (Wildman–Crippen LogP) is 0.412. The van der Waals surface area contributed by atoms with Crippen molar-refractivity contribution in [3.63, 3.8) is 0 Å². The average Bonchev–Trinajstić information content (AvgIpc) is 2.46. The highest BCUT2D eigenvalue weighted by Gasteiger charge is 2.36. The van der Waals surface area contributed by atoms with E-state index in [0.717, 1.165) is 0 Å². The van der Waals surface area contributed by atoms with Gasteiger partial charge in [-0.05, 0) is 18.2 Å². The topological polar surface area (TPSA) is 12.5 Å². The number of alkyl halides is 6. The van der Waals surface area contributed by atoms with Crippen LogP contribution in [-0.4, -0.2) is 37.7 Å². The summed E-state index contributed by atoms with van der Waals surface area (Å²) < 4.78 is 81.4. The molecule has 0 radical (unpaired) electrons. The maximum atomic E-state index is 12.7. The summed E-state index contributed by atoms with van der Waals surface area (Å²) in [6, 6.07) is 1.34. The van der Waals surface area contributed by atoms with Crippen molar-refractivity contribution in [2.75, 3.05) is 32.8 Å². The molecule has 2 nitrogen and oxygen atoms in total. The number of ether oxygens (including phenoxy) is 1. The zero-order chi connectivity index (χ0) is 17.1.